The van der Waals surface area contributed by atoms with Gasteiger partial charge in [-0.1, -0.05) is 26.7 Å². The fraction of sp³-hybridized carbons (Fsp3) is 0.625. The lowest BCUT2D eigenvalue weighted by molar-refractivity contribution is 0.0696. The summed E-state index contributed by atoms with van der Waals surface area (Å²) in [6.07, 6.45) is 6.46. The highest BCUT2D eigenvalue weighted by Crippen LogP contribution is 2.31. The topological polar surface area (TPSA) is 53.4 Å². The summed E-state index contributed by atoms with van der Waals surface area (Å²) in [5.41, 5.74) is 1.15. The number of aromatic carboxylic acids is 1. The molecule has 1 aliphatic rings. The van der Waals surface area contributed by atoms with Gasteiger partial charge in [0.05, 0.1) is 0 Å². The Bertz CT molecular complexity index is 479. The lowest BCUT2D eigenvalue weighted by Crippen LogP contribution is -2.38. The molecule has 4 heteroatoms. The minimum atomic E-state index is -0.877. The number of aromatic nitrogens is 1. The number of rotatable bonds is 5. The third kappa shape index (κ3) is 3.11. The maximum absolute atomic E-state index is 11.6. The predicted octanol–water partition coefficient (Wildman–Crippen LogP) is 3.49. The van der Waals surface area contributed by atoms with Gasteiger partial charge >= 0.3 is 5.97 Å². The van der Waals surface area contributed by atoms with Crippen LogP contribution in [-0.4, -0.2) is 28.6 Å². The molecule has 0 radical (unpaired) electrons. The summed E-state index contributed by atoms with van der Waals surface area (Å²) in [6.45, 7) is 7.04. The molecule has 0 amide bonds. The van der Waals surface area contributed by atoms with Crippen molar-refractivity contribution >= 4 is 11.8 Å². The minimum absolute atomic E-state index is 0.361. The molecule has 0 saturated heterocycles. The smallest absolute Gasteiger partial charge is 0.339 e. The minimum Gasteiger partial charge on any atom is -0.478 e. The monoisotopic (exact) mass is 276 g/mol. The number of carboxylic acids is 1. The lowest BCUT2D eigenvalue weighted by Gasteiger charge is -2.33. The van der Waals surface area contributed by atoms with Crippen LogP contribution in [0.5, 0.6) is 0 Å². The SMILES string of the molecule is Cc1ccnc(N(CC(C)C)C2CCCC2)c1C(=O)O. The predicted molar refractivity (Wildman–Crippen MR) is 80.4 cm³/mol. The van der Waals surface area contributed by atoms with Gasteiger partial charge in [-0.25, -0.2) is 9.78 Å². The number of carbonyl (C=O) groups is 1. The van der Waals surface area contributed by atoms with Crippen LogP contribution < -0.4 is 4.90 Å². The maximum Gasteiger partial charge on any atom is 0.339 e. The normalized spacial score (nSPS) is 15.8. The molecule has 1 heterocycles. The highest BCUT2D eigenvalue weighted by Gasteiger charge is 2.28. The van der Waals surface area contributed by atoms with Crippen molar-refractivity contribution in [3.05, 3.63) is 23.4 Å². The molecule has 0 bridgehead atoms. The molecule has 1 fully saturated rings. The Morgan fingerprint density at radius 2 is 2.10 bits per heavy atom. The standard InChI is InChI=1S/C16H24N2O2/c1-11(2)10-18(13-6-4-5-7-13)15-14(16(19)20)12(3)8-9-17-15/h8-9,11,13H,4-7,10H2,1-3H3,(H,19,20). The van der Waals surface area contributed by atoms with Crippen molar-refractivity contribution in [2.45, 2.75) is 52.5 Å². The van der Waals surface area contributed by atoms with Crippen molar-refractivity contribution in [2.75, 3.05) is 11.4 Å². The molecule has 4 nitrogen and oxygen atoms in total. The van der Waals surface area contributed by atoms with E-state index in [1.807, 2.05) is 6.92 Å². The van der Waals surface area contributed by atoms with Crippen LogP contribution in [0.2, 0.25) is 0 Å². The van der Waals surface area contributed by atoms with E-state index in [9.17, 15) is 9.90 Å². The van der Waals surface area contributed by atoms with Gasteiger partial charge in [-0.3, -0.25) is 0 Å². The second-order valence-corrected chi connectivity index (χ2v) is 6.12. The van der Waals surface area contributed by atoms with Gasteiger partial charge in [0.15, 0.2) is 0 Å². The highest BCUT2D eigenvalue weighted by molar-refractivity contribution is 5.95. The largest absolute Gasteiger partial charge is 0.478 e. The zero-order valence-electron chi connectivity index (χ0n) is 12.6. The second kappa shape index (κ2) is 6.25. The van der Waals surface area contributed by atoms with Crippen molar-refractivity contribution in [2.24, 2.45) is 5.92 Å². The van der Waals surface area contributed by atoms with Crippen LogP contribution in [-0.2, 0) is 0 Å². The summed E-state index contributed by atoms with van der Waals surface area (Å²) in [7, 11) is 0. The van der Waals surface area contributed by atoms with E-state index in [0.29, 0.717) is 23.3 Å². The number of nitrogens with zero attached hydrogens (tertiary/aromatic N) is 2. The van der Waals surface area contributed by atoms with E-state index in [-0.39, 0.29) is 0 Å². The summed E-state index contributed by atoms with van der Waals surface area (Å²) in [5, 5.41) is 9.51. The summed E-state index contributed by atoms with van der Waals surface area (Å²) < 4.78 is 0. The number of pyridine rings is 1. The number of aryl methyl sites for hydroxylation is 1. The molecule has 1 aromatic heterocycles. The number of anilines is 1. The molecule has 110 valence electrons. The Hall–Kier alpha value is -1.58. The van der Waals surface area contributed by atoms with Crippen molar-refractivity contribution in [1.82, 2.24) is 4.98 Å². The molecule has 1 aromatic rings. The number of hydrogen-bond acceptors (Lipinski definition) is 3. The van der Waals surface area contributed by atoms with Crippen LogP contribution in [0.1, 0.15) is 55.5 Å². The van der Waals surface area contributed by atoms with Crippen LogP contribution in [0, 0.1) is 12.8 Å². The molecule has 1 saturated carbocycles. The van der Waals surface area contributed by atoms with Gasteiger partial charge in [0.25, 0.3) is 0 Å². The van der Waals surface area contributed by atoms with E-state index >= 15 is 0 Å². The first kappa shape index (κ1) is 14.8. The van der Waals surface area contributed by atoms with Crippen molar-refractivity contribution in [3.8, 4) is 0 Å². The van der Waals surface area contributed by atoms with Crippen molar-refractivity contribution < 1.29 is 9.90 Å². The Morgan fingerprint density at radius 3 is 2.65 bits per heavy atom. The quantitative estimate of drug-likeness (QED) is 0.894. The van der Waals surface area contributed by atoms with E-state index in [1.54, 1.807) is 12.3 Å². The fourth-order valence-electron chi connectivity index (χ4n) is 3.04. The van der Waals surface area contributed by atoms with Gasteiger partial charge in [0.1, 0.15) is 11.4 Å². The van der Waals surface area contributed by atoms with E-state index < -0.39 is 5.97 Å². The maximum atomic E-state index is 11.6. The van der Waals surface area contributed by atoms with E-state index in [2.05, 4.69) is 23.7 Å². The van der Waals surface area contributed by atoms with Gasteiger partial charge in [-0.2, -0.15) is 0 Å². The zero-order chi connectivity index (χ0) is 14.7. The van der Waals surface area contributed by atoms with Gasteiger partial charge in [-0.05, 0) is 37.3 Å². The van der Waals surface area contributed by atoms with Crippen molar-refractivity contribution in [3.63, 3.8) is 0 Å². The molecule has 0 spiro atoms. The molecule has 2 rings (SSSR count). The van der Waals surface area contributed by atoms with Crippen LogP contribution >= 0.6 is 0 Å². The van der Waals surface area contributed by atoms with Gasteiger partial charge in [0, 0.05) is 18.8 Å². The Morgan fingerprint density at radius 1 is 1.45 bits per heavy atom. The third-order valence-corrected chi connectivity index (χ3v) is 3.95. The molecule has 0 aliphatic heterocycles. The van der Waals surface area contributed by atoms with Crippen LogP contribution in [0.4, 0.5) is 5.82 Å². The first-order valence-electron chi connectivity index (χ1n) is 7.46. The van der Waals surface area contributed by atoms with Gasteiger partial charge in [-0.15, -0.1) is 0 Å². The van der Waals surface area contributed by atoms with Crippen LogP contribution in [0.15, 0.2) is 12.3 Å². The summed E-state index contributed by atoms with van der Waals surface area (Å²) in [6, 6.07) is 2.21. The van der Waals surface area contributed by atoms with Gasteiger partial charge in [0.2, 0.25) is 0 Å². The molecule has 1 aliphatic carbocycles. The van der Waals surface area contributed by atoms with Crippen molar-refractivity contribution in [1.29, 1.82) is 0 Å². The number of hydrogen-bond donors (Lipinski definition) is 1. The fourth-order valence-corrected chi connectivity index (χ4v) is 3.04. The van der Waals surface area contributed by atoms with Crippen LogP contribution in [0.25, 0.3) is 0 Å². The van der Waals surface area contributed by atoms with Gasteiger partial charge < -0.3 is 10.0 Å². The highest BCUT2D eigenvalue weighted by atomic mass is 16.4. The average Bonchev–Trinajstić information content (AvgIpc) is 2.88. The molecule has 20 heavy (non-hydrogen) atoms. The molecular formula is C16H24N2O2. The summed E-state index contributed by atoms with van der Waals surface area (Å²) in [4.78, 5) is 18.2. The Kier molecular flexibility index (Phi) is 4.63. The first-order valence-corrected chi connectivity index (χ1v) is 7.46. The van der Waals surface area contributed by atoms with E-state index in [1.165, 1.54) is 12.8 Å². The average molecular weight is 276 g/mol. The first-order chi connectivity index (χ1) is 9.50. The lowest BCUT2D eigenvalue weighted by atomic mass is 10.1. The molecule has 1 N–H and O–H groups in total. The van der Waals surface area contributed by atoms with E-state index in [4.69, 9.17) is 0 Å². The summed E-state index contributed by atoms with van der Waals surface area (Å²) in [5.74, 6) is 0.259. The molecular weight excluding hydrogens is 252 g/mol. The second-order valence-electron chi connectivity index (χ2n) is 6.12. The Labute approximate surface area is 120 Å². The van der Waals surface area contributed by atoms with E-state index in [0.717, 1.165) is 24.9 Å². The zero-order valence-corrected chi connectivity index (χ0v) is 12.6. The number of carboxylic acid groups (broad SMARTS) is 1. The Balaban J connectivity index is 2.42. The van der Waals surface area contributed by atoms with Crippen LogP contribution in [0.3, 0.4) is 0 Å². The molecule has 0 aromatic carbocycles. The molecule has 0 unspecified atom stereocenters. The molecule has 0 atom stereocenters. The third-order valence-electron chi connectivity index (χ3n) is 3.95. The summed E-state index contributed by atoms with van der Waals surface area (Å²) >= 11 is 0.